The summed E-state index contributed by atoms with van der Waals surface area (Å²) in [6.07, 6.45) is 4.25. The van der Waals surface area contributed by atoms with Crippen LogP contribution in [0.2, 0.25) is 0 Å². The average molecular weight is 557 g/mol. The van der Waals surface area contributed by atoms with E-state index in [2.05, 4.69) is 83.2 Å². The van der Waals surface area contributed by atoms with E-state index in [0.29, 0.717) is 36.1 Å². The molecule has 8 heteroatoms. The van der Waals surface area contributed by atoms with Crippen LogP contribution in [-0.4, -0.2) is 68.7 Å². The number of anilines is 1. The van der Waals surface area contributed by atoms with E-state index in [1.54, 1.807) is 6.20 Å². The van der Waals surface area contributed by atoms with Crippen molar-refractivity contribution in [3.8, 4) is 11.4 Å². The summed E-state index contributed by atoms with van der Waals surface area (Å²) >= 11 is 0. The lowest BCUT2D eigenvalue weighted by Gasteiger charge is -2.34. The van der Waals surface area contributed by atoms with Gasteiger partial charge in [0.1, 0.15) is 11.4 Å². The van der Waals surface area contributed by atoms with E-state index in [1.807, 2.05) is 13.0 Å². The fourth-order valence-electron chi connectivity index (χ4n) is 5.79. The van der Waals surface area contributed by atoms with Crippen molar-refractivity contribution in [2.24, 2.45) is 0 Å². The van der Waals surface area contributed by atoms with Crippen LogP contribution in [0.15, 0.2) is 47.4 Å². The van der Waals surface area contributed by atoms with Gasteiger partial charge < -0.3 is 25.3 Å². The number of piperidine rings is 1. The summed E-state index contributed by atoms with van der Waals surface area (Å²) in [6, 6.07) is 13.3. The molecule has 0 radical (unpaired) electrons. The Kier molecular flexibility index (Phi) is 8.92. The van der Waals surface area contributed by atoms with E-state index in [-0.39, 0.29) is 5.56 Å². The van der Waals surface area contributed by atoms with Crippen molar-refractivity contribution in [2.45, 2.75) is 72.2 Å². The molecule has 0 spiro atoms. The maximum Gasteiger partial charge on any atom is 0.261 e. The number of hydrogen-bond acceptors (Lipinski definition) is 6. The molecule has 0 aliphatic carbocycles. The van der Waals surface area contributed by atoms with Crippen LogP contribution in [0.3, 0.4) is 0 Å². The number of H-pyrrole nitrogens is 2. The van der Waals surface area contributed by atoms with Gasteiger partial charge in [-0.2, -0.15) is 0 Å². The summed E-state index contributed by atoms with van der Waals surface area (Å²) < 4.78 is 0. The average Bonchev–Trinajstić information content (AvgIpc) is 3.56. The van der Waals surface area contributed by atoms with Gasteiger partial charge >= 0.3 is 0 Å². The Morgan fingerprint density at radius 3 is 2.46 bits per heavy atom. The highest BCUT2D eigenvalue weighted by molar-refractivity contribution is 5.84. The largest absolute Gasteiger partial charge is 0.391 e. The quantitative estimate of drug-likeness (QED) is 0.263. The molecule has 6 rings (SSSR count). The minimum Gasteiger partial charge on any atom is -0.391 e. The third-order valence-electron chi connectivity index (χ3n) is 8.61. The first kappa shape index (κ1) is 29.0. The molecule has 0 bridgehead atoms. The molecule has 0 saturated carbocycles. The number of aromatic amines is 2. The summed E-state index contributed by atoms with van der Waals surface area (Å²) in [5.74, 6) is 0.547. The standard InChI is InChI=1S/C24H32N6O2.C9H12/c1-3-18(31)12-26-19-4-7-25-24(32)22(19)23-27-20-10-15-13-30(14-16(15)11-21(20)28-23)17-5-8-29(2)9-6-17;1-7-4-5-8(2)9(3)6-7/h4,7,10-11,17-18,31H,3,5-6,8-9,12-14H2,1-2H3,(H,27,28)(H2,25,26,32);4-6H,1-3H3. The van der Waals surface area contributed by atoms with Crippen molar-refractivity contribution in [2.75, 3.05) is 32.0 Å². The van der Waals surface area contributed by atoms with Crippen molar-refractivity contribution in [1.29, 1.82) is 0 Å². The second-order valence-corrected chi connectivity index (χ2v) is 11.8. The molecule has 2 aliphatic heterocycles. The number of aromatic nitrogens is 3. The van der Waals surface area contributed by atoms with Crippen LogP contribution in [0, 0.1) is 20.8 Å². The number of nitrogens with one attached hydrogen (secondary N) is 3. The maximum atomic E-state index is 12.6. The predicted molar refractivity (Wildman–Crippen MR) is 167 cm³/mol. The van der Waals surface area contributed by atoms with Crippen LogP contribution in [0.5, 0.6) is 0 Å². The first-order valence-electron chi connectivity index (χ1n) is 14.8. The van der Waals surface area contributed by atoms with Crippen molar-refractivity contribution in [1.82, 2.24) is 24.8 Å². The van der Waals surface area contributed by atoms with Crippen molar-refractivity contribution in [3.05, 3.63) is 80.8 Å². The highest BCUT2D eigenvalue weighted by Crippen LogP contribution is 2.32. The van der Waals surface area contributed by atoms with Gasteiger partial charge in [-0.05, 0) is 101 Å². The molecule has 0 amide bonds. The van der Waals surface area contributed by atoms with E-state index in [0.717, 1.165) is 24.1 Å². The number of pyridine rings is 1. The maximum absolute atomic E-state index is 12.6. The fraction of sp³-hybridized carbons (Fsp3) is 0.455. The third-order valence-corrected chi connectivity index (χ3v) is 8.61. The van der Waals surface area contributed by atoms with Gasteiger partial charge in [-0.3, -0.25) is 9.69 Å². The lowest BCUT2D eigenvalue weighted by molar-refractivity contribution is 0.120. The topological polar surface area (TPSA) is 100 Å². The van der Waals surface area contributed by atoms with Gasteiger partial charge in [0, 0.05) is 31.9 Å². The Hall–Kier alpha value is -3.46. The lowest BCUT2D eigenvalue weighted by atomic mass is 10.0. The molecule has 1 unspecified atom stereocenters. The number of aryl methyl sites for hydroxylation is 3. The molecule has 2 aromatic heterocycles. The molecular formula is C33H44N6O2. The number of aliphatic hydroxyl groups excluding tert-OH is 1. The monoisotopic (exact) mass is 556 g/mol. The number of aliphatic hydroxyl groups is 1. The van der Waals surface area contributed by atoms with Crippen LogP contribution in [0.25, 0.3) is 22.4 Å². The molecule has 41 heavy (non-hydrogen) atoms. The SMILES string of the molecule is CCC(O)CNc1cc[nH]c(=O)c1-c1nc2cc3c(cc2[nH]1)CN(C1CCN(C)CC1)C3.Cc1ccc(C)c(C)c1. The zero-order valence-corrected chi connectivity index (χ0v) is 25.1. The van der Waals surface area contributed by atoms with E-state index in [9.17, 15) is 9.90 Å². The molecule has 4 N–H and O–H groups in total. The lowest BCUT2D eigenvalue weighted by Crippen LogP contribution is -2.41. The van der Waals surface area contributed by atoms with E-state index in [1.165, 1.54) is 53.7 Å². The van der Waals surface area contributed by atoms with Gasteiger partial charge in [-0.15, -0.1) is 0 Å². The zero-order valence-electron chi connectivity index (χ0n) is 25.1. The third kappa shape index (κ3) is 6.72. The number of fused-ring (bicyclic) bond motifs is 2. The van der Waals surface area contributed by atoms with Gasteiger partial charge in [0.15, 0.2) is 0 Å². The van der Waals surface area contributed by atoms with Gasteiger partial charge in [0.2, 0.25) is 0 Å². The van der Waals surface area contributed by atoms with Gasteiger partial charge in [0.25, 0.3) is 5.56 Å². The molecule has 4 heterocycles. The number of hydrogen-bond donors (Lipinski definition) is 4. The molecule has 2 aliphatic rings. The van der Waals surface area contributed by atoms with Crippen molar-refractivity contribution >= 4 is 16.7 Å². The van der Waals surface area contributed by atoms with Crippen LogP contribution >= 0.6 is 0 Å². The Labute approximate surface area is 242 Å². The van der Waals surface area contributed by atoms with Crippen LogP contribution in [0.1, 0.15) is 54.0 Å². The van der Waals surface area contributed by atoms with Gasteiger partial charge in [0.05, 0.1) is 22.8 Å². The Morgan fingerprint density at radius 2 is 1.78 bits per heavy atom. The Bertz CT molecular complexity index is 1510. The molecule has 8 nitrogen and oxygen atoms in total. The predicted octanol–water partition coefficient (Wildman–Crippen LogP) is 5.12. The number of nitrogens with zero attached hydrogens (tertiary/aromatic N) is 3. The first-order chi connectivity index (χ1) is 19.7. The summed E-state index contributed by atoms with van der Waals surface area (Å²) in [7, 11) is 2.20. The summed E-state index contributed by atoms with van der Waals surface area (Å²) in [5, 5.41) is 13.1. The highest BCUT2D eigenvalue weighted by atomic mass is 16.3. The number of likely N-dealkylation sites (tertiary alicyclic amines) is 1. The van der Waals surface area contributed by atoms with Crippen LogP contribution in [0.4, 0.5) is 5.69 Å². The molecule has 4 aromatic rings. The first-order valence-corrected chi connectivity index (χ1v) is 14.8. The smallest absolute Gasteiger partial charge is 0.261 e. The van der Waals surface area contributed by atoms with E-state index in [4.69, 9.17) is 4.98 Å². The Morgan fingerprint density at radius 1 is 1.05 bits per heavy atom. The normalized spacial score (nSPS) is 16.8. The van der Waals surface area contributed by atoms with Gasteiger partial charge in [-0.25, -0.2) is 4.98 Å². The van der Waals surface area contributed by atoms with Crippen molar-refractivity contribution < 1.29 is 5.11 Å². The van der Waals surface area contributed by atoms with Gasteiger partial charge in [-0.1, -0.05) is 30.7 Å². The fourth-order valence-corrected chi connectivity index (χ4v) is 5.79. The number of benzene rings is 2. The second-order valence-electron chi connectivity index (χ2n) is 11.8. The minimum absolute atomic E-state index is 0.207. The summed E-state index contributed by atoms with van der Waals surface area (Å²) in [6.45, 7) is 13.0. The van der Waals surface area contributed by atoms with E-state index >= 15 is 0 Å². The second kappa shape index (κ2) is 12.6. The molecule has 2 aromatic carbocycles. The Balaban J connectivity index is 0.000000321. The highest BCUT2D eigenvalue weighted by Gasteiger charge is 2.29. The molecule has 1 atom stereocenters. The molecule has 1 fully saturated rings. The van der Waals surface area contributed by atoms with Crippen LogP contribution < -0.4 is 10.9 Å². The molecule has 1 saturated heterocycles. The molecule has 218 valence electrons. The number of imidazole rings is 1. The zero-order chi connectivity index (χ0) is 29.1. The molecular weight excluding hydrogens is 512 g/mol. The summed E-state index contributed by atoms with van der Waals surface area (Å²) in [5.41, 5.74) is 9.55. The number of rotatable bonds is 6. The van der Waals surface area contributed by atoms with Crippen molar-refractivity contribution in [3.63, 3.8) is 0 Å². The minimum atomic E-state index is -0.465. The van der Waals surface area contributed by atoms with Crippen LogP contribution in [-0.2, 0) is 13.1 Å². The van der Waals surface area contributed by atoms with E-state index < -0.39 is 6.10 Å². The summed E-state index contributed by atoms with van der Waals surface area (Å²) in [4.78, 5) is 28.5.